The highest BCUT2D eigenvalue weighted by atomic mass is 16.5. The summed E-state index contributed by atoms with van der Waals surface area (Å²) in [4.78, 5) is 12.6. The van der Waals surface area contributed by atoms with Crippen LogP contribution >= 0.6 is 0 Å². The van der Waals surface area contributed by atoms with Crippen LogP contribution in [0.2, 0.25) is 0 Å². The molecule has 3 rings (SSSR count). The lowest BCUT2D eigenvalue weighted by Gasteiger charge is -2.12. The predicted octanol–water partition coefficient (Wildman–Crippen LogP) is 4.60. The molecule has 31 heavy (non-hydrogen) atoms. The molecule has 0 spiro atoms. The SMILES string of the molecule is CCCOc1ccc(CNC(=O)c2cccc(OCc3c(C)noc3C)c2)cc1OC. The Balaban J connectivity index is 1.60. The minimum absolute atomic E-state index is 0.187. The average molecular weight is 424 g/mol. The van der Waals surface area contributed by atoms with E-state index in [0.717, 1.165) is 29.0 Å². The van der Waals surface area contributed by atoms with Gasteiger partial charge in [-0.05, 0) is 56.2 Å². The number of nitrogens with one attached hydrogen (secondary N) is 1. The fourth-order valence-corrected chi connectivity index (χ4v) is 3.03. The highest BCUT2D eigenvalue weighted by Crippen LogP contribution is 2.28. The second-order valence-corrected chi connectivity index (χ2v) is 7.14. The predicted molar refractivity (Wildman–Crippen MR) is 117 cm³/mol. The Hall–Kier alpha value is -3.48. The highest BCUT2D eigenvalue weighted by molar-refractivity contribution is 5.94. The summed E-state index contributed by atoms with van der Waals surface area (Å²) in [6.07, 6.45) is 0.919. The van der Waals surface area contributed by atoms with Crippen LogP contribution < -0.4 is 19.5 Å². The first kappa shape index (κ1) is 22.2. The molecule has 1 heterocycles. The van der Waals surface area contributed by atoms with Crippen LogP contribution in [0.15, 0.2) is 47.0 Å². The van der Waals surface area contributed by atoms with E-state index in [-0.39, 0.29) is 5.91 Å². The number of methoxy groups -OCH3 is 1. The maximum absolute atomic E-state index is 12.6. The highest BCUT2D eigenvalue weighted by Gasteiger charge is 2.12. The van der Waals surface area contributed by atoms with Gasteiger partial charge in [0.05, 0.1) is 25.0 Å². The fourth-order valence-electron chi connectivity index (χ4n) is 3.03. The number of hydrogen-bond donors (Lipinski definition) is 1. The summed E-state index contributed by atoms with van der Waals surface area (Å²) < 4.78 is 22.1. The van der Waals surface area contributed by atoms with E-state index in [0.29, 0.717) is 42.6 Å². The van der Waals surface area contributed by atoms with Gasteiger partial charge in [-0.3, -0.25) is 4.79 Å². The van der Waals surface area contributed by atoms with E-state index in [9.17, 15) is 4.79 Å². The van der Waals surface area contributed by atoms with E-state index < -0.39 is 0 Å². The first-order valence-corrected chi connectivity index (χ1v) is 10.2. The van der Waals surface area contributed by atoms with Crippen molar-refractivity contribution in [1.29, 1.82) is 0 Å². The summed E-state index contributed by atoms with van der Waals surface area (Å²) in [5.74, 6) is 2.49. The Labute approximate surface area is 182 Å². The molecular weight excluding hydrogens is 396 g/mol. The second-order valence-electron chi connectivity index (χ2n) is 7.14. The Morgan fingerprint density at radius 1 is 1.10 bits per heavy atom. The third kappa shape index (κ3) is 5.78. The number of nitrogens with zero attached hydrogens (tertiary/aromatic N) is 1. The molecule has 2 aromatic carbocycles. The van der Waals surface area contributed by atoms with Gasteiger partial charge in [-0.2, -0.15) is 0 Å². The van der Waals surface area contributed by atoms with E-state index in [2.05, 4.69) is 10.5 Å². The number of amides is 1. The molecule has 0 atom stereocenters. The van der Waals surface area contributed by atoms with Crippen LogP contribution in [0.3, 0.4) is 0 Å². The standard InChI is InChI=1S/C24H28N2O5/c1-5-11-29-22-10-9-18(12-23(22)28-4)14-25-24(27)19-7-6-8-20(13-19)30-15-21-16(2)26-31-17(21)3/h6-10,12-13H,5,11,14-15H2,1-4H3,(H,25,27). The smallest absolute Gasteiger partial charge is 0.251 e. The Bertz CT molecular complexity index is 1010. The summed E-state index contributed by atoms with van der Waals surface area (Å²) in [6, 6.07) is 12.7. The molecule has 0 fully saturated rings. The number of carbonyl (C=O) groups excluding carboxylic acids is 1. The van der Waals surface area contributed by atoms with Crippen molar-refractivity contribution < 1.29 is 23.5 Å². The molecule has 1 amide bonds. The third-order valence-electron chi connectivity index (χ3n) is 4.80. The molecule has 1 N–H and O–H groups in total. The summed E-state index contributed by atoms with van der Waals surface area (Å²) >= 11 is 0. The topological polar surface area (TPSA) is 82.8 Å². The number of aromatic nitrogens is 1. The fraction of sp³-hybridized carbons (Fsp3) is 0.333. The van der Waals surface area contributed by atoms with Gasteiger partial charge in [-0.25, -0.2) is 0 Å². The van der Waals surface area contributed by atoms with Gasteiger partial charge in [0.1, 0.15) is 18.1 Å². The number of benzene rings is 2. The number of carbonyl (C=O) groups is 1. The van der Waals surface area contributed by atoms with Crippen LogP contribution in [0.1, 0.15) is 46.3 Å². The monoisotopic (exact) mass is 424 g/mol. The van der Waals surface area contributed by atoms with Gasteiger partial charge in [-0.15, -0.1) is 0 Å². The quantitative estimate of drug-likeness (QED) is 0.512. The maximum atomic E-state index is 12.6. The van der Waals surface area contributed by atoms with Crippen molar-refractivity contribution in [2.75, 3.05) is 13.7 Å². The molecule has 0 saturated carbocycles. The molecule has 0 bridgehead atoms. The van der Waals surface area contributed by atoms with Crippen molar-refractivity contribution in [2.24, 2.45) is 0 Å². The van der Waals surface area contributed by atoms with E-state index in [1.54, 1.807) is 25.3 Å². The van der Waals surface area contributed by atoms with Gasteiger partial charge in [0.15, 0.2) is 11.5 Å². The van der Waals surface area contributed by atoms with Gasteiger partial charge in [0.25, 0.3) is 5.91 Å². The van der Waals surface area contributed by atoms with Gasteiger partial charge in [0, 0.05) is 12.1 Å². The van der Waals surface area contributed by atoms with E-state index in [1.807, 2.05) is 45.0 Å². The first-order valence-electron chi connectivity index (χ1n) is 10.2. The molecule has 7 heteroatoms. The third-order valence-corrected chi connectivity index (χ3v) is 4.80. The van der Waals surface area contributed by atoms with Gasteiger partial charge >= 0.3 is 0 Å². The van der Waals surface area contributed by atoms with Gasteiger partial charge < -0.3 is 24.1 Å². The van der Waals surface area contributed by atoms with Crippen LogP contribution in [0.25, 0.3) is 0 Å². The van der Waals surface area contributed by atoms with E-state index in [1.165, 1.54) is 0 Å². The minimum atomic E-state index is -0.187. The second kappa shape index (κ2) is 10.5. The van der Waals surface area contributed by atoms with Crippen LogP contribution in [-0.2, 0) is 13.2 Å². The van der Waals surface area contributed by atoms with Crippen LogP contribution in [0, 0.1) is 13.8 Å². The van der Waals surface area contributed by atoms with Crippen molar-refractivity contribution in [3.8, 4) is 17.2 Å². The molecule has 1 aromatic heterocycles. The van der Waals surface area contributed by atoms with Crippen LogP contribution in [-0.4, -0.2) is 24.8 Å². The van der Waals surface area contributed by atoms with Crippen LogP contribution in [0.4, 0.5) is 0 Å². The molecule has 0 aliphatic rings. The summed E-state index contributed by atoms with van der Waals surface area (Å²) in [7, 11) is 1.60. The van der Waals surface area contributed by atoms with E-state index >= 15 is 0 Å². The number of rotatable bonds is 10. The molecule has 164 valence electrons. The normalized spacial score (nSPS) is 10.6. The van der Waals surface area contributed by atoms with Crippen molar-refractivity contribution >= 4 is 5.91 Å². The molecule has 0 saturated heterocycles. The van der Waals surface area contributed by atoms with E-state index in [4.69, 9.17) is 18.7 Å². The van der Waals surface area contributed by atoms with Gasteiger partial charge in [-0.1, -0.05) is 24.2 Å². The summed E-state index contributed by atoms with van der Waals surface area (Å²) in [6.45, 7) is 7.09. The molecule has 0 unspecified atom stereocenters. The minimum Gasteiger partial charge on any atom is -0.493 e. The number of ether oxygens (including phenoxy) is 3. The van der Waals surface area contributed by atoms with Gasteiger partial charge in [0.2, 0.25) is 0 Å². The lowest BCUT2D eigenvalue weighted by atomic mass is 10.1. The van der Waals surface area contributed by atoms with Crippen molar-refractivity contribution in [3.63, 3.8) is 0 Å². The largest absolute Gasteiger partial charge is 0.493 e. The number of hydrogen-bond acceptors (Lipinski definition) is 6. The Morgan fingerprint density at radius 3 is 2.65 bits per heavy atom. The zero-order chi connectivity index (χ0) is 22.2. The lowest BCUT2D eigenvalue weighted by molar-refractivity contribution is 0.0950. The number of aryl methyl sites for hydroxylation is 2. The van der Waals surface area contributed by atoms with Crippen LogP contribution in [0.5, 0.6) is 17.2 Å². The first-order chi connectivity index (χ1) is 15.0. The zero-order valence-corrected chi connectivity index (χ0v) is 18.4. The maximum Gasteiger partial charge on any atom is 0.251 e. The van der Waals surface area contributed by atoms with Crippen molar-refractivity contribution in [1.82, 2.24) is 10.5 Å². The molecule has 7 nitrogen and oxygen atoms in total. The van der Waals surface area contributed by atoms with Crippen molar-refractivity contribution in [2.45, 2.75) is 40.3 Å². The summed E-state index contributed by atoms with van der Waals surface area (Å²) in [5.41, 5.74) is 3.15. The zero-order valence-electron chi connectivity index (χ0n) is 18.4. The molecule has 0 radical (unpaired) electrons. The Kier molecular flexibility index (Phi) is 7.54. The Morgan fingerprint density at radius 2 is 1.94 bits per heavy atom. The lowest BCUT2D eigenvalue weighted by Crippen LogP contribution is -2.22. The summed E-state index contributed by atoms with van der Waals surface area (Å²) in [5, 5.41) is 6.85. The molecule has 0 aliphatic carbocycles. The molecular formula is C24H28N2O5. The molecule has 3 aromatic rings. The van der Waals surface area contributed by atoms with Crippen molar-refractivity contribution in [3.05, 3.63) is 70.6 Å². The molecule has 0 aliphatic heterocycles. The average Bonchev–Trinajstić information content (AvgIpc) is 3.12.